The van der Waals surface area contributed by atoms with Crippen molar-refractivity contribution in [3.8, 4) is 0 Å². The summed E-state index contributed by atoms with van der Waals surface area (Å²) in [5.41, 5.74) is 0.256. The van der Waals surface area contributed by atoms with Gasteiger partial charge in [0.05, 0.1) is 0 Å². The third-order valence-corrected chi connectivity index (χ3v) is 3.33. The molecule has 2 unspecified atom stereocenters. The Morgan fingerprint density at radius 2 is 1.93 bits per heavy atom. The minimum Gasteiger partial charge on any atom is -0.311 e. The Labute approximate surface area is 95.4 Å². The fourth-order valence-electron chi connectivity index (χ4n) is 2.36. The highest BCUT2D eigenvalue weighted by Crippen LogP contribution is 2.21. The van der Waals surface area contributed by atoms with Gasteiger partial charge in [0.2, 0.25) is 0 Å². The molecule has 0 spiro atoms. The number of rotatable bonds is 3. The summed E-state index contributed by atoms with van der Waals surface area (Å²) in [6.45, 7) is 15.0. The third kappa shape index (κ3) is 4.98. The van der Waals surface area contributed by atoms with Crippen LogP contribution in [0.3, 0.4) is 0 Å². The summed E-state index contributed by atoms with van der Waals surface area (Å²) < 4.78 is 0. The van der Waals surface area contributed by atoms with E-state index in [4.69, 9.17) is 0 Å². The Balaban J connectivity index is 2.21. The molecule has 1 aliphatic rings. The van der Waals surface area contributed by atoms with Crippen molar-refractivity contribution in [2.75, 3.05) is 19.6 Å². The minimum absolute atomic E-state index is 0.256. The van der Waals surface area contributed by atoms with Crippen LogP contribution in [0.15, 0.2) is 0 Å². The summed E-state index contributed by atoms with van der Waals surface area (Å²) in [6.07, 6.45) is 2.75. The summed E-state index contributed by atoms with van der Waals surface area (Å²) in [5.74, 6) is 0.923. The largest absolute Gasteiger partial charge is 0.311 e. The van der Waals surface area contributed by atoms with Crippen molar-refractivity contribution >= 4 is 0 Å². The molecule has 0 aliphatic carbocycles. The molecule has 0 radical (unpaired) electrons. The number of hydrogen-bond acceptors (Lipinski definition) is 2. The second-order valence-electron chi connectivity index (χ2n) is 6.19. The van der Waals surface area contributed by atoms with E-state index in [0.717, 1.165) is 18.5 Å². The zero-order valence-electron chi connectivity index (χ0n) is 11.1. The average molecular weight is 212 g/mol. The first-order valence-corrected chi connectivity index (χ1v) is 6.37. The predicted molar refractivity (Wildman–Crippen MR) is 67.2 cm³/mol. The number of hydrogen-bond donors (Lipinski definition) is 1. The van der Waals surface area contributed by atoms with Crippen molar-refractivity contribution in [1.29, 1.82) is 0 Å². The van der Waals surface area contributed by atoms with E-state index < -0.39 is 0 Å². The van der Waals surface area contributed by atoms with Gasteiger partial charge >= 0.3 is 0 Å². The van der Waals surface area contributed by atoms with Crippen molar-refractivity contribution in [2.45, 2.75) is 59.0 Å². The van der Waals surface area contributed by atoms with Crippen LogP contribution >= 0.6 is 0 Å². The molecular weight excluding hydrogens is 184 g/mol. The Bertz CT molecular complexity index is 183. The molecule has 2 atom stereocenters. The Morgan fingerprint density at radius 3 is 2.47 bits per heavy atom. The zero-order chi connectivity index (χ0) is 11.5. The van der Waals surface area contributed by atoms with Crippen LogP contribution in [0.5, 0.6) is 0 Å². The Hall–Kier alpha value is -0.0800. The summed E-state index contributed by atoms with van der Waals surface area (Å²) >= 11 is 0. The van der Waals surface area contributed by atoms with E-state index in [0.29, 0.717) is 0 Å². The summed E-state index contributed by atoms with van der Waals surface area (Å²) in [4.78, 5) is 2.62. The summed E-state index contributed by atoms with van der Waals surface area (Å²) in [5, 5.41) is 3.56. The van der Waals surface area contributed by atoms with Gasteiger partial charge in [-0.05, 0) is 53.0 Å². The summed E-state index contributed by atoms with van der Waals surface area (Å²) in [6, 6.07) is 0.774. The van der Waals surface area contributed by atoms with E-state index >= 15 is 0 Å². The third-order valence-electron chi connectivity index (χ3n) is 3.33. The van der Waals surface area contributed by atoms with Gasteiger partial charge in [-0.3, -0.25) is 4.90 Å². The molecule has 0 aromatic heterocycles. The van der Waals surface area contributed by atoms with Gasteiger partial charge in [-0.1, -0.05) is 6.92 Å². The van der Waals surface area contributed by atoms with Gasteiger partial charge in [-0.25, -0.2) is 0 Å². The van der Waals surface area contributed by atoms with E-state index in [1.54, 1.807) is 0 Å². The zero-order valence-corrected chi connectivity index (χ0v) is 11.1. The Morgan fingerprint density at radius 1 is 1.27 bits per heavy atom. The lowest BCUT2D eigenvalue weighted by Gasteiger charge is -2.37. The van der Waals surface area contributed by atoms with Crippen LogP contribution in [0.2, 0.25) is 0 Å². The minimum atomic E-state index is 0.256. The van der Waals surface area contributed by atoms with Crippen molar-refractivity contribution in [3.63, 3.8) is 0 Å². The van der Waals surface area contributed by atoms with Crippen molar-refractivity contribution in [1.82, 2.24) is 10.2 Å². The van der Waals surface area contributed by atoms with E-state index in [9.17, 15) is 0 Å². The topological polar surface area (TPSA) is 15.3 Å². The van der Waals surface area contributed by atoms with Crippen LogP contribution in [-0.2, 0) is 0 Å². The smallest absolute Gasteiger partial charge is 0.0110 e. The molecule has 1 fully saturated rings. The van der Waals surface area contributed by atoms with Crippen molar-refractivity contribution in [2.24, 2.45) is 5.92 Å². The van der Waals surface area contributed by atoms with Gasteiger partial charge in [0.1, 0.15) is 0 Å². The fourth-order valence-corrected chi connectivity index (χ4v) is 2.36. The fraction of sp³-hybridized carbons (Fsp3) is 1.00. The maximum atomic E-state index is 3.56. The number of likely N-dealkylation sites (tertiary alicyclic amines) is 1. The molecule has 0 amide bonds. The standard InChI is InChI=1S/C13H28N2/c1-11-6-8-15(12(2)10-11)9-7-14-13(3,4)5/h11-12,14H,6-10H2,1-5H3. The molecule has 0 bridgehead atoms. The Kier molecular flexibility index (Phi) is 4.60. The first kappa shape index (κ1) is 13.0. The second kappa shape index (κ2) is 5.31. The van der Waals surface area contributed by atoms with Crippen LogP contribution in [-0.4, -0.2) is 36.1 Å². The van der Waals surface area contributed by atoms with Gasteiger partial charge in [0.25, 0.3) is 0 Å². The highest BCUT2D eigenvalue weighted by Gasteiger charge is 2.22. The van der Waals surface area contributed by atoms with E-state index in [2.05, 4.69) is 44.8 Å². The van der Waals surface area contributed by atoms with Gasteiger partial charge in [0.15, 0.2) is 0 Å². The number of nitrogens with one attached hydrogen (secondary N) is 1. The predicted octanol–water partition coefficient (Wildman–Crippen LogP) is 2.49. The highest BCUT2D eigenvalue weighted by atomic mass is 15.2. The molecule has 1 saturated heterocycles. The van der Waals surface area contributed by atoms with Crippen LogP contribution in [0.1, 0.15) is 47.5 Å². The van der Waals surface area contributed by atoms with Crippen molar-refractivity contribution < 1.29 is 0 Å². The molecule has 1 aliphatic heterocycles. The van der Waals surface area contributed by atoms with Gasteiger partial charge < -0.3 is 5.32 Å². The molecule has 1 heterocycles. The highest BCUT2D eigenvalue weighted by molar-refractivity contribution is 4.78. The summed E-state index contributed by atoms with van der Waals surface area (Å²) in [7, 11) is 0. The SMILES string of the molecule is CC1CCN(CCNC(C)(C)C)C(C)C1. The van der Waals surface area contributed by atoms with E-state index in [1.807, 2.05) is 0 Å². The normalized spacial score (nSPS) is 29.4. The molecular formula is C13H28N2. The van der Waals surface area contributed by atoms with E-state index in [-0.39, 0.29) is 5.54 Å². The lowest BCUT2D eigenvalue weighted by molar-refractivity contribution is 0.128. The monoisotopic (exact) mass is 212 g/mol. The van der Waals surface area contributed by atoms with Gasteiger partial charge in [-0.15, -0.1) is 0 Å². The first-order chi connectivity index (χ1) is 6.88. The molecule has 2 nitrogen and oxygen atoms in total. The number of piperidine rings is 1. The van der Waals surface area contributed by atoms with Gasteiger partial charge in [0, 0.05) is 24.7 Å². The van der Waals surface area contributed by atoms with Crippen LogP contribution < -0.4 is 5.32 Å². The van der Waals surface area contributed by atoms with Gasteiger partial charge in [-0.2, -0.15) is 0 Å². The lowest BCUT2D eigenvalue weighted by atomic mass is 9.93. The molecule has 0 saturated carbocycles. The first-order valence-electron chi connectivity index (χ1n) is 6.37. The molecule has 2 heteroatoms. The second-order valence-corrected chi connectivity index (χ2v) is 6.19. The molecule has 15 heavy (non-hydrogen) atoms. The molecule has 1 rings (SSSR count). The molecule has 1 N–H and O–H groups in total. The van der Waals surface area contributed by atoms with E-state index in [1.165, 1.54) is 25.9 Å². The lowest BCUT2D eigenvalue weighted by Crippen LogP contribution is -2.46. The van der Waals surface area contributed by atoms with Crippen LogP contribution in [0.4, 0.5) is 0 Å². The molecule has 90 valence electrons. The maximum Gasteiger partial charge on any atom is 0.0110 e. The molecule has 0 aromatic carbocycles. The number of nitrogens with zero attached hydrogens (tertiary/aromatic N) is 1. The maximum absolute atomic E-state index is 3.56. The average Bonchev–Trinajstić information content (AvgIpc) is 2.07. The van der Waals surface area contributed by atoms with Crippen LogP contribution in [0.25, 0.3) is 0 Å². The molecule has 0 aromatic rings. The quantitative estimate of drug-likeness (QED) is 0.773. The van der Waals surface area contributed by atoms with Crippen LogP contribution in [0, 0.1) is 5.92 Å². The van der Waals surface area contributed by atoms with Crippen molar-refractivity contribution in [3.05, 3.63) is 0 Å².